The largest absolute Gasteiger partial charge is 0.497 e. The van der Waals surface area contributed by atoms with E-state index < -0.39 is 10.1 Å². The number of methoxy groups -OCH3 is 1. The Morgan fingerprint density at radius 3 is 2.72 bits per heavy atom. The minimum Gasteiger partial charge on any atom is -0.497 e. The van der Waals surface area contributed by atoms with Gasteiger partial charge in [-0.25, -0.2) is 0 Å². The van der Waals surface area contributed by atoms with Crippen molar-refractivity contribution in [2.75, 3.05) is 25.7 Å². The third-order valence-corrected chi connectivity index (χ3v) is 2.80. The molecule has 1 aromatic rings. The maximum absolute atomic E-state index is 11.2. The van der Waals surface area contributed by atoms with Crippen LogP contribution in [0.15, 0.2) is 33.4 Å². The molecule has 18 heavy (non-hydrogen) atoms. The lowest BCUT2D eigenvalue weighted by Gasteiger charge is -2.07. The summed E-state index contributed by atoms with van der Waals surface area (Å²) in [4.78, 5) is -0.371. The van der Waals surface area contributed by atoms with Gasteiger partial charge in [0.25, 0.3) is 10.1 Å². The van der Waals surface area contributed by atoms with Crippen LogP contribution in [0.2, 0.25) is 0 Å². The fourth-order valence-electron chi connectivity index (χ4n) is 1.12. The minimum absolute atomic E-state index is 0.0555. The van der Waals surface area contributed by atoms with Gasteiger partial charge in [0.15, 0.2) is 0 Å². The summed E-state index contributed by atoms with van der Waals surface area (Å²) in [5, 5.41) is 15.4. The second-order valence-corrected chi connectivity index (χ2v) is 4.53. The molecule has 0 atom stereocenters. The molecule has 0 heterocycles. The topological polar surface area (TPSA) is 121 Å². The second-order valence-electron chi connectivity index (χ2n) is 3.14. The summed E-state index contributed by atoms with van der Waals surface area (Å²) in [6.07, 6.45) is 0. The monoisotopic (exact) mass is 275 g/mol. The predicted octanol–water partition coefficient (Wildman–Crippen LogP) is 0.713. The van der Waals surface area contributed by atoms with Crippen molar-refractivity contribution in [1.82, 2.24) is 0 Å². The molecule has 0 unspecified atom stereocenters. The summed E-state index contributed by atoms with van der Waals surface area (Å²) < 4.78 is 36.2. The van der Waals surface area contributed by atoms with E-state index in [9.17, 15) is 8.42 Å². The molecule has 9 heteroatoms. The Labute approximate surface area is 104 Å². The molecule has 1 aromatic carbocycles. The van der Waals surface area contributed by atoms with Crippen LogP contribution in [0.4, 0.5) is 5.69 Å². The second kappa shape index (κ2) is 6.28. The van der Waals surface area contributed by atoms with Crippen LogP contribution in [-0.2, 0) is 10.1 Å². The van der Waals surface area contributed by atoms with Gasteiger partial charge in [0.1, 0.15) is 10.6 Å². The van der Waals surface area contributed by atoms with Gasteiger partial charge in [0.05, 0.1) is 25.9 Å². The van der Waals surface area contributed by atoms with Crippen molar-refractivity contribution in [3.63, 3.8) is 0 Å². The van der Waals surface area contributed by atoms with Gasteiger partial charge in [0, 0.05) is 6.07 Å². The van der Waals surface area contributed by atoms with E-state index in [4.69, 9.17) is 14.4 Å². The first kappa shape index (κ1) is 14.4. The van der Waals surface area contributed by atoms with Crippen LogP contribution in [0.1, 0.15) is 0 Å². The van der Waals surface area contributed by atoms with E-state index in [1.54, 1.807) is 0 Å². The molecule has 0 spiro atoms. The molecule has 0 saturated heterocycles. The van der Waals surface area contributed by atoms with Gasteiger partial charge in [0.2, 0.25) is 0 Å². The van der Waals surface area contributed by atoms with Crippen molar-refractivity contribution in [1.29, 1.82) is 0 Å². The van der Waals surface area contributed by atoms with Crippen LogP contribution in [0.25, 0.3) is 0 Å². The third-order valence-electron chi connectivity index (χ3n) is 1.91. The molecule has 0 bridgehead atoms. The lowest BCUT2D eigenvalue weighted by Crippen LogP contribution is -2.03. The smallest absolute Gasteiger partial charge is 0.296 e. The van der Waals surface area contributed by atoms with Gasteiger partial charge >= 0.3 is 0 Å². The molecule has 0 amide bonds. The fraction of sp³-hybridized carbons (Fsp3) is 0.333. The lowest BCUT2D eigenvalue weighted by atomic mass is 10.3. The first-order chi connectivity index (χ1) is 8.49. The van der Waals surface area contributed by atoms with Crippen molar-refractivity contribution in [3.05, 3.63) is 18.2 Å². The van der Waals surface area contributed by atoms with Crippen LogP contribution >= 0.6 is 0 Å². The van der Waals surface area contributed by atoms with Crippen molar-refractivity contribution >= 4 is 15.8 Å². The van der Waals surface area contributed by atoms with Crippen LogP contribution in [0.5, 0.6) is 5.75 Å². The molecule has 0 aliphatic rings. The summed E-state index contributed by atoms with van der Waals surface area (Å²) in [6.45, 7) is -0.0800. The minimum atomic E-state index is -4.40. The SMILES string of the molecule is COc1ccc(NN=NCCO)c(S(=O)(=O)O)c1. The fourth-order valence-corrected chi connectivity index (χ4v) is 1.78. The Bertz CT molecular complexity index is 529. The number of rotatable bonds is 6. The molecule has 0 saturated carbocycles. The average Bonchev–Trinajstić information content (AvgIpc) is 2.33. The highest BCUT2D eigenvalue weighted by Crippen LogP contribution is 2.26. The summed E-state index contributed by atoms with van der Waals surface area (Å²) in [7, 11) is -3.03. The van der Waals surface area contributed by atoms with Crippen LogP contribution in [0, 0.1) is 0 Å². The van der Waals surface area contributed by atoms with Gasteiger partial charge in [-0.2, -0.15) is 13.5 Å². The number of hydrogen-bond donors (Lipinski definition) is 3. The van der Waals surface area contributed by atoms with Gasteiger partial charge in [-0.15, -0.1) is 0 Å². The zero-order chi connectivity index (χ0) is 13.6. The van der Waals surface area contributed by atoms with Crippen LogP contribution in [0.3, 0.4) is 0 Å². The molecule has 3 N–H and O–H groups in total. The zero-order valence-corrected chi connectivity index (χ0v) is 10.4. The van der Waals surface area contributed by atoms with Crippen molar-refractivity contribution in [2.45, 2.75) is 4.90 Å². The van der Waals surface area contributed by atoms with Crippen molar-refractivity contribution in [3.8, 4) is 5.75 Å². The van der Waals surface area contributed by atoms with E-state index in [1.165, 1.54) is 19.2 Å². The molecule has 8 nitrogen and oxygen atoms in total. The molecular formula is C9H13N3O5S. The Hall–Kier alpha value is -1.71. The van der Waals surface area contributed by atoms with E-state index >= 15 is 0 Å². The van der Waals surface area contributed by atoms with E-state index in [0.29, 0.717) is 0 Å². The Morgan fingerprint density at radius 2 is 2.17 bits per heavy atom. The number of anilines is 1. The molecule has 0 aliphatic carbocycles. The quantitative estimate of drug-likeness (QED) is 0.399. The van der Waals surface area contributed by atoms with E-state index in [-0.39, 0.29) is 29.5 Å². The number of nitrogens with zero attached hydrogens (tertiary/aromatic N) is 2. The van der Waals surface area contributed by atoms with Crippen LogP contribution < -0.4 is 10.2 Å². The molecule has 0 radical (unpaired) electrons. The van der Waals surface area contributed by atoms with E-state index in [1.807, 2.05) is 0 Å². The Morgan fingerprint density at radius 1 is 1.44 bits per heavy atom. The molecule has 0 aliphatic heterocycles. The highest BCUT2D eigenvalue weighted by atomic mass is 32.2. The van der Waals surface area contributed by atoms with Crippen molar-refractivity contribution in [2.24, 2.45) is 10.3 Å². The molecular weight excluding hydrogens is 262 g/mol. The summed E-state index contributed by atoms with van der Waals surface area (Å²) in [5.74, 6) is 0.278. The number of aliphatic hydroxyl groups is 1. The molecule has 100 valence electrons. The van der Waals surface area contributed by atoms with Gasteiger partial charge in [-0.05, 0) is 12.1 Å². The lowest BCUT2D eigenvalue weighted by molar-refractivity contribution is 0.304. The Balaban J connectivity index is 3.04. The van der Waals surface area contributed by atoms with Gasteiger partial charge in [-0.3, -0.25) is 9.98 Å². The summed E-state index contributed by atoms with van der Waals surface area (Å²) >= 11 is 0. The zero-order valence-electron chi connectivity index (χ0n) is 9.57. The first-order valence-corrected chi connectivity index (χ1v) is 6.32. The molecule has 0 aromatic heterocycles. The molecule has 0 fully saturated rings. The number of aliphatic hydroxyl groups excluding tert-OH is 1. The third kappa shape index (κ3) is 3.95. The maximum atomic E-state index is 11.2. The summed E-state index contributed by atoms with van der Waals surface area (Å²) in [6, 6.07) is 4.03. The van der Waals surface area contributed by atoms with Crippen LogP contribution in [-0.4, -0.2) is 38.3 Å². The number of benzene rings is 1. The number of ether oxygens (including phenoxy) is 1. The van der Waals surface area contributed by atoms with E-state index in [0.717, 1.165) is 6.07 Å². The van der Waals surface area contributed by atoms with Gasteiger partial charge in [-0.1, -0.05) is 5.22 Å². The highest BCUT2D eigenvalue weighted by molar-refractivity contribution is 7.86. The Kier molecular flexibility index (Phi) is 5.01. The highest BCUT2D eigenvalue weighted by Gasteiger charge is 2.16. The summed E-state index contributed by atoms with van der Waals surface area (Å²) in [5.41, 5.74) is 2.41. The van der Waals surface area contributed by atoms with Gasteiger partial charge < -0.3 is 9.84 Å². The normalized spacial score (nSPS) is 11.7. The number of nitrogens with one attached hydrogen (secondary N) is 1. The maximum Gasteiger partial charge on any atom is 0.296 e. The predicted molar refractivity (Wildman–Crippen MR) is 63.2 cm³/mol. The average molecular weight is 275 g/mol. The van der Waals surface area contributed by atoms with Crippen molar-refractivity contribution < 1.29 is 22.8 Å². The van der Waals surface area contributed by atoms with E-state index in [2.05, 4.69) is 15.8 Å². The molecule has 1 rings (SSSR count). The first-order valence-electron chi connectivity index (χ1n) is 4.88. The standard InChI is InChI=1S/C9H13N3O5S/c1-17-7-2-3-8(11-12-10-4-5-13)9(6-7)18(14,15)16/h2-3,6,13H,4-5H2,1H3,(H,10,11)(H,14,15,16). The number of hydrogen-bond acceptors (Lipinski definition) is 6.